The second kappa shape index (κ2) is 4.64. The molecular weight excluding hydrogens is 220 g/mol. The number of benzene rings is 1. The third kappa shape index (κ3) is 1.97. The number of rotatable bonds is 4. The standard InChI is InChI=1S/C8H8N2O6/c11-3-5-1-2-7(9(13)14)8(10(15)16)6(5)4-12/h1-2,11-12H,3-4H2. The van der Waals surface area contributed by atoms with E-state index in [0.29, 0.717) is 0 Å². The predicted molar refractivity (Wildman–Crippen MR) is 51.6 cm³/mol. The first kappa shape index (κ1) is 12.0. The van der Waals surface area contributed by atoms with Gasteiger partial charge in [-0.15, -0.1) is 0 Å². The molecule has 16 heavy (non-hydrogen) atoms. The van der Waals surface area contributed by atoms with Crippen LogP contribution in [0.4, 0.5) is 11.4 Å². The third-order valence-electron chi connectivity index (χ3n) is 2.07. The van der Waals surface area contributed by atoms with Gasteiger partial charge in [-0.3, -0.25) is 20.2 Å². The van der Waals surface area contributed by atoms with Crippen molar-refractivity contribution in [2.24, 2.45) is 0 Å². The Morgan fingerprint density at radius 2 is 1.69 bits per heavy atom. The van der Waals surface area contributed by atoms with Crippen molar-refractivity contribution in [2.75, 3.05) is 0 Å². The maximum atomic E-state index is 10.7. The monoisotopic (exact) mass is 228 g/mol. The van der Waals surface area contributed by atoms with Gasteiger partial charge in [0.15, 0.2) is 0 Å². The summed E-state index contributed by atoms with van der Waals surface area (Å²) in [5.74, 6) is 0. The highest BCUT2D eigenvalue weighted by atomic mass is 16.6. The molecule has 0 fully saturated rings. The molecule has 0 spiro atoms. The average molecular weight is 228 g/mol. The van der Waals surface area contributed by atoms with Crippen molar-refractivity contribution in [3.8, 4) is 0 Å². The highest BCUT2D eigenvalue weighted by Crippen LogP contribution is 2.33. The lowest BCUT2D eigenvalue weighted by Crippen LogP contribution is -2.04. The molecule has 0 aliphatic carbocycles. The smallest absolute Gasteiger partial charge is 0.351 e. The van der Waals surface area contributed by atoms with Crippen LogP contribution in [0, 0.1) is 20.2 Å². The molecule has 0 aliphatic heterocycles. The number of hydrogen-bond donors (Lipinski definition) is 2. The van der Waals surface area contributed by atoms with Gasteiger partial charge in [0.25, 0.3) is 0 Å². The van der Waals surface area contributed by atoms with E-state index in [1.807, 2.05) is 0 Å². The molecular formula is C8H8N2O6. The van der Waals surface area contributed by atoms with E-state index in [0.717, 1.165) is 6.07 Å². The van der Waals surface area contributed by atoms with E-state index < -0.39 is 34.4 Å². The summed E-state index contributed by atoms with van der Waals surface area (Å²) in [5, 5.41) is 39.1. The topological polar surface area (TPSA) is 127 Å². The number of nitrogens with zero attached hydrogens (tertiary/aromatic N) is 2. The second-order valence-corrected chi connectivity index (χ2v) is 2.90. The van der Waals surface area contributed by atoms with Gasteiger partial charge >= 0.3 is 11.4 Å². The molecule has 0 saturated heterocycles. The highest BCUT2D eigenvalue weighted by molar-refractivity contribution is 5.60. The Labute approximate surface area is 89.1 Å². The number of nitro benzene ring substituents is 2. The van der Waals surface area contributed by atoms with Crippen molar-refractivity contribution in [1.82, 2.24) is 0 Å². The second-order valence-electron chi connectivity index (χ2n) is 2.90. The van der Waals surface area contributed by atoms with Gasteiger partial charge in [0.2, 0.25) is 0 Å². The minimum absolute atomic E-state index is 0.0970. The first-order valence-corrected chi connectivity index (χ1v) is 4.18. The number of hydrogen-bond acceptors (Lipinski definition) is 6. The molecule has 0 aromatic heterocycles. The fourth-order valence-corrected chi connectivity index (χ4v) is 1.34. The van der Waals surface area contributed by atoms with Gasteiger partial charge in [0.1, 0.15) is 0 Å². The number of aliphatic hydroxyl groups excluding tert-OH is 2. The summed E-state index contributed by atoms with van der Waals surface area (Å²) >= 11 is 0. The molecule has 0 radical (unpaired) electrons. The maximum Gasteiger partial charge on any atom is 0.351 e. The van der Waals surface area contributed by atoms with Gasteiger partial charge < -0.3 is 10.2 Å². The fourth-order valence-electron chi connectivity index (χ4n) is 1.34. The van der Waals surface area contributed by atoms with Crippen molar-refractivity contribution in [3.63, 3.8) is 0 Å². The first-order valence-electron chi connectivity index (χ1n) is 4.18. The van der Waals surface area contributed by atoms with Gasteiger partial charge in [-0.05, 0) is 11.6 Å². The lowest BCUT2D eigenvalue weighted by atomic mass is 10.1. The quantitative estimate of drug-likeness (QED) is 0.570. The van der Waals surface area contributed by atoms with Crippen LogP contribution >= 0.6 is 0 Å². The first-order chi connectivity index (χ1) is 7.52. The largest absolute Gasteiger partial charge is 0.392 e. The molecule has 1 aromatic carbocycles. The zero-order valence-corrected chi connectivity index (χ0v) is 7.99. The van der Waals surface area contributed by atoms with Crippen molar-refractivity contribution >= 4 is 11.4 Å². The molecule has 8 heteroatoms. The summed E-state index contributed by atoms with van der Waals surface area (Å²) in [6.45, 7) is -1.28. The van der Waals surface area contributed by atoms with Crippen molar-refractivity contribution in [2.45, 2.75) is 13.2 Å². The Hall–Kier alpha value is -2.06. The molecule has 86 valence electrons. The number of aliphatic hydroxyl groups is 2. The molecule has 0 heterocycles. The third-order valence-corrected chi connectivity index (χ3v) is 2.07. The van der Waals surface area contributed by atoms with Crippen molar-refractivity contribution < 1.29 is 20.1 Å². The van der Waals surface area contributed by atoms with E-state index in [4.69, 9.17) is 10.2 Å². The normalized spacial score (nSPS) is 10.1. The van der Waals surface area contributed by atoms with E-state index in [9.17, 15) is 20.2 Å². The van der Waals surface area contributed by atoms with E-state index in [1.165, 1.54) is 6.07 Å². The van der Waals surface area contributed by atoms with E-state index in [-0.39, 0.29) is 11.1 Å². The summed E-state index contributed by atoms with van der Waals surface area (Å²) in [7, 11) is 0. The van der Waals surface area contributed by atoms with Crippen LogP contribution in [-0.2, 0) is 13.2 Å². The molecule has 0 unspecified atom stereocenters. The molecule has 0 aliphatic rings. The van der Waals surface area contributed by atoms with Crippen LogP contribution < -0.4 is 0 Å². The Morgan fingerprint density at radius 3 is 2.06 bits per heavy atom. The lowest BCUT2D eigenvalue weighted by Gasteiger charge is -2.05. The fraction of sp³-hybridized carbons (Fsp3) is 0.250. The van der Waals surface area contributed by atoms with Crippen LogP contribution in [0.2, 0.25) is 0 Å². The summed E-state index contributed by atoms with van der Waals surface area (Å²) in [4.78, 5) is 19.4. The van der Waals surface area contributed by atoms with Gasteiger partial charge in [0, 0.05) is 6.07 Å². The molecule has 0 amide bonds. The molecule has 1 aromatic rings. The molecule has 8 nitrogen and oxygen atoms in total. The van der Waals surface area contributed by atoms with Gasteiger partial charge in [-0.25, -0.2) is 0 Å². The molecule has 0 atom stereocenters. The Morgan fingerprint density at radius 1 is 1.06 bits per heavy atom. The summed E-state index contributed by atoms with van der Waals surface area (Å²) in [6.07, 6.45) is 0. The van der Waals surface area contributed by atoms with Crippen LogP contribution in [0.1, 0.15) is 11.1 Å². The zero-order chi connectivity index (χ0) is 12.3. The summed E-state index contributed by atoms with van der Waals surface area (Å²) < 4.78 is 0. The zero-order valence-electron chi connectivity index (χ0n) is 7.99. The average Bonchev–Trinajstić information content (AvgIpc) is 2.26. The maximum absolute atomic E-state index is 10.7. The minimum atomic E-state index is -0.942. The van der Waals surface area contributed by atoms with Crippen molar-refractivity contribution in [1.29, 1.82) is 0 Å². The van der Waals surface area contributed by atoms with E-state index in [1.54, 1.807) is 0 Å². The van der Waals surface area contributed by atoms with Gasteiger partial charge in [-0.1, -0.05) is 0 Å². The van der Waals surface area contributed by atoms with Gasteiger partial charge in [-0.2, -0.15) is 0 Å². The van der Waals surface area contributed by atoms with E-state index >= 15 is 0 Å². The molecule has 2 N–H and O–H groups in total. The SMILES string of the molecule is O=[N+]([O-])c1ccc(CO)c(CO)c1[N+](=O)[O-]. The Balaban J connectivity index is 3.56. The minimum Gasteiger partial charge on any atom is -0.392 e. The molecule has 0 bridgehead atoms. The van der Waals surface area contributed by atoms with Crippen LogP contribution in [0.15, 0.2) is 12.1 Å². The predicted octanol–water partition coefficient (Wildman–Crippen LogP) is 0.488. The van der Waals surface area contributed by atoms with Crippen LogP contribution in [-0.4, -0.2) is 20.1 Å². The van der Waals surface area contributed by atoms with Crippen LogP contribution in [0.3, 0.4) is 0 Å². The Bertz CT molecular complexity index is 444. The Kier molecular flexibility index (Phi) is 3.48. The van der Waals surface area contributed by atoms with Crippen molar-refractivity contribution in [3.05, 3.63) is 43.5 Å². The lowest BCUT2D eigenvalue weighted by molar-refractivity contribution is -0.423. The highest BCUT2D eigenvalue weighted by Gasteiger charge is 2.29. The summed E-state index contributed by atoms with van der Waals surface area (Å²) in [6, 6.07) is 2.11. The molecule has 0 saturated carbocycles. The van der Waals surface area contributed by atoms with Crippen LogP contribution in [0.5, 0.6) is 0 Å². The number of nitro groups is 2. The van der Waals surface area contributed by atoms with E-state index in [2.05, 4.69) is 0 Å². The summed E-state index contributed by atoms with van der Waals surface area (Å²) in [5.41, 5.74) is -1.62. The molecule has 1 rings (SSSR count). The van der Waals surface area contributed by atoms with Gasteiger partial charge in [0.05, 0.1) is 28.6 Å². The van der Waals surface area contributed by atoms with Crippen LogP contribution in [0.25, 0.3) is 0 Å².